The van der Waals surface area contributed by atoms with Gasteiger partial charge >= 0.3 is 0 Å². The Balaban J connectivity index is 2.13. The van der Waals surface area contributed by atoms with Gasteiger partial charge in [-0.2, -0.15) is 0 Å². The molecule has 5 nitrogen and oxygen atoms in total. The van der Waals surface area contributed by atoms with E-state index >= 15 is 0 Å². The Kier molecular flexibility index (Phi) is 3.17. The quantitative estimate of drug-likeness (QED) is 0.596. The van der Waals surface area contributed by atoms with E-state index in [-0.39, 0.29) is 23.6 Å². The van der Waals surface area contributed by atoms with Crippen LogP contribution in [0.1, 0.15) is 26.7 Å². The van der Waals surface area contributed by atoms with E-state index in [9.17, 15) is 15.0 Å². The molecule has 0 saturated carbocycles. The lowest BCUT2D eigenvalue weighted by molar-refractivity contribution is -0.118. The van der Waals surface area contributed by atoms with Crippen molar-refractivity contribution >= 4 is 17.2 Å². The number of nitrogens with one attached hydrogen (secondary N) is 2. The summed E-state index contributed by atoms with van der Waals surface area (Å²) in [6, 6.07) is 4.70. The number of fused-ring (bicyclic) bond motifs is 1. The number of anilines is 2. The summed E-state index contributed by atoms with van der Waals surface area (Å²) in [5.41, 5.74) is 2.52. The van der Waals surface area contributed by atoms with Gasteiger partial charge in [-0.25, -0.2) is 0 Å². The number of aromatic hydroxyl groups is 1. The van der Waals surface area contributed by atoms with Crippen molar-refractivity contribution in [3.63, 3.8) is 0 Å². The molecule has 0 saturated heterocycles. The van der Waals surface area contributed by atoms with Gasteiger partial charge in [-0.15, -0.1) is 0 Å². The highest BCUT2D eigenvalue weighted by atomic mass is 16.3. The van der Waals surface area contributed by atoms with E-state index in [1.165, 1.54) is 0 Å². The molecule has 1 aliphatic carbocycles. The van der Waals surface area contributed by atoms with Crippen LogP contribution in [-0.2, 0) is 4.79 Å². The number of benzene rings is 1. The van der Waals surface area contributed by atoms with Crippen molar-refractivity contribution in [3.8, 4) is 5.75 Å². The van der Waals surface area contributed by atoms with Crippen LogP contribution in [0.25, 0.3) is 0 Å². The number of carbonyl (C=O) groups is 1. The molecule has 0 amide bonds. The first-order valence-electron chi connectivity index (χ1n) is 7.14. The molecule has 21 heavy (non-hydrogen) atoms. The van der Waals surface area contributed by atoms with Crippen LogP contribution in [0.15, 0.2) is 29.5 Å². The summed E-state index contributed by atoms with van der Waals surface area (Å²) in [6.07, 6.45) is 1.17. The molecule has 0 bridgehead atoms. The van der Waals surface area contributed by atoms with Gasteiger partial charge in [0.1, 0.15) is 11.4 Å². The van der Waals surface area contributed by atoms with E-state index in [1.807, 2.05) is 19.9 Å². The first-order chi connectivity index (χ1) is 9.91. The largest absolute Gasteiger partial charge is 0.506 e. The van der Waals surface area contributed by atoms with E-state index in [0.29, 0.717) is 29.8 Å². The van der Waals surface area contributed by atoms with Gasteiger partial charge in [0.05, 0.1) is 18.3 Å². The van der Waals surface area contributed by atoms with E-state index in [1.54, 1.807) is 12.1 Å². The zero-order valence-electron chi connectivity index (χ0n) is 12.2. The Morgan fingerprint density at radius 2 is 2.10 bits per heavy atom. The lowest BCUT2D eigenvalue weighted by Crippen LogP contribution is -2.36. The van der Waals surface area contributed by atoms with Crippen molar-refractivity contribution < 1.29 is 15.0 Å². The van der Waals surface area contributed by atoms with Crippen LogP contribution in [0.3, 0.4) is 0 Å². The number of aliphatic hydroxyl groups excluding tert-OH is 1. The second kappa shape index (κ2) is 4.77. The van der Waals surface area contributed by atoms with E-state index in [2.05, 4.69) is 10.6 Å². The number of para-hydroxylation sites is 1. The van der Waals surface area contributed by atoms with Crippen molar-refractivity contribution in [2.45, 2.75) is 32.7 Å². The van der Waals surface area contributed by atoms with E-state index < -0.39 is 6.04 Å². The summed E-state index contributed by atoms with van der Waals surface area (Å²) in [7, 11) is 0. The fourth-order valence-electron chi connectivity index (χ4n) is 3.19. The average molecular weight is 288 g/mol. The van der Waals surface area contributed by atoms with Gasteiger partial charge in [-0.3, -0.25) is 4.79 Å². The van der Waals surface area contributed by atoms with Gasteiger partial charge in [-0.1, -0.05) is 19.9 Å². The zero-order chi connectivity index (χ0) is 15.2. The number of aliphatic hydroxyl groups is 1. The third-order valence-electron chi connectivity index (χ3n) is 4.10. The minimum absolute atomic E-state index is 0.0487. The standard InChI is InChI=1S/C16H20N2O3/c1-16(2)6-10-14(13(21)7-16)11(8-19)17-9-4-3-5-12(20)15(9)18-10/h3-5,11,17-20H,6-8H2,1-2H3. The minimum Gasteiger partial charge on any atom is -0.506 e. The van der Waals surface area contributed by atoms with Crippen LogP contribution >= 0.6 is 0 Å². The van der Waals surface area contributed by atoms with Gasteiger partial charge in [0, 0.05) is 17.7 Å². The van der Waals surface area contributed by atoms with Crippen molar-refractivity contribution in [1.82, 2.24) is 0 Å². The number of phenols is 1. The first kappa shape index (κ1) is 13.9. The molecule has 4 N–H and O–H groups in total. The number of phenolic OH excluding ortho intramolecular Hbond substituents is 1. The van der Waals surface area contributed by atoms with Crippen LogP contribution in [-0.4, -0.2) is 28.6 Å². The van der Waals surface area contributed by atoms with Crippen LogP contribution < -0.4 is 10.6 Å². The molecule has 2 aliphatic rings. The number of rotatable bonds is 1. The molecule has 5 heteroatoms. The maximum atomic E-state index is 12.5. The summed E-state index contributed by atoms with van der Waals surface area (Å²) < 4.78 is 0. The Bertz CT molecular complexity index is 634. The molecule has 0 spiro atoms. The van der Waals surface area contributed by atoms with E-state index in [0.717, 1.165) is 5.70 Å². The summed E-state index contributed by atoms with van der Waals surface area (Å²) in [4.78, 5) is 12.5. The second-order valence-corrected chi connectivity index (χ2v) is 6.54. The van der Waals surface area contributed by atoms with Crippen molar-refractivity contribution in [2.24, 2.45) is 5.41 Å². The SMILES string of the molecule is CC1(C)CC(=O)C2=C(C1)Nc1c(O)cccc1NC2CO. The summed E-state index contributed by atoms with van der Waals surface area (Å²) in [5.74, 6) is 0.175. The molecule has 0 fully saturated rings. The first-order valence-corrected chi connectivity index (χ1v) is 7.14. The second-order valence-electron chi connectivity index (χ2n) is 6.54. The predicted molar refractivity (Wildman–Crippen MR) is 81.3 cm³/mol. The number of allylic oxidation sites excluding steroid dienone is 1. The molecule has 1 aliphatic heterocycles. The summed E-state index contributed by atoms with van der Waals surface area (Å²) >= 11 is 0. The van der Waals surface area contributed by atoms with Gasteiger partial charge in [0.15, 0.2) is 5.78 Å². The Morgan fingerprint density at radius 3 is 2.81 bits per heavy atom. The number of carbonyl (C=O) groups excluding carboxylic acids is 1. The van der Waals surface area contributed by atoms with Crippen molar-refractivity contribution in [3.05, 3.63) is 29.5 Å². The molecule has 0 aromatic heterocycles. The molecular formula is C16H20N2O3. The summed E-state index contributed by atoms with van der Waals surface area (Å²) in [5, 5.41) is 26.1. The van der Waals surface area contributed by atoms with Crippen LogP contribution in [0, 0.1) is 5.41 Å². The molecule has 0 radical (unpaired) electrons. The lowest BCUT2D eigenvalue weighted by atomic mass is 9.74. The smallest absolute Gasteiger partial charge is 0.163 e. The number of hydrogen-bond donors (Lipinski definition) is 4. The molecule has 1 heterocycles. The monoisotopic (exact) mass is 288 g/mol. The number of ketones is 1. The third-order valence-corrected chi connectivity index (χ3v) is 4.10. The van der Waals surface area contributed by atoms with E-state index in [4.69, 9.17) is 0 Å². The maximum Gasteiger partial charge on any atom is 0.163 e. The Labute approximate surface area is 123 Å². The molecule has 1 atom stereocenters. The fraction of sp³-hybridized carbons (Fsp3) is 0.438. The summed E-state index contributed by atoms with van der Waals surface area (Å²) in [6.45, 7) is 3.94. The Hall–Kier alpha value is -2.01. The van der Waals surface area contributed by atoms with Gasteiger partial charge in [0.25, 0.3) is 0 Å². The average Bonchev–Trinajstić information content (AvgIpc) is 2.54. The topological polar surface area (TPSA) is 81.6 Å². The lowest BCUT2D eigenvalue weighted by Gasteiger charge is -2.33. The predicted octanol–water partition coefficient (Wildman–Crippen LogP) is 2.23. The van der Waals surface area contributed by atoms with Gasteiger partial charge < -0.3 is 20.8 Å². The van der Waals surface area contributed by atoms with Gasteiger partial charge in [-0.05, 0) is 24.0 Å². The number of Topliss-reactive ketones (excluding diaryl/α,β-unsaturated/α-hetero) is 1. The van der Waals surface area contributed by atoms with Gasteiger partial charge in [0.2, 0.25) is 0 Å². The highest BCUT2D eigenvalue weighted by Gasteiger charge is 2.38. The highest BCUT2D eigenvalue weighted by molar-refractivity contribution is 6.01. The maximum absolute atomic E-state index is 12.5. The molecule has 112 valence electrons. The molecule has 1 aromatic carbocycles. The van der Waals surface area contributed by atoms with Crippen molar-refractivity contribution in [2.75, 3.05) is 17.2 Å². The Morgan fingerprint density at radius 1 is 1.33 bits per heavy atom. The minimum atomic E-state index is -0.445. The zero-order valence-corrected chi connectivity index (χ0v) is 12.2. The molecule has 1 aromatic rings. The third kappa shape index (κ3) is 2.38. The highest BCUT2D eigenvalue weighted by Crippen LogP contribution is 2.43. The van der Waals surface area contributed by atoms with Crippen LogP contribution in [0.5, 0.6) is 5.75 Å². The number of hydrogen-bond acceptors (Lipinski definition) is 5. The molecule has 3 rings (SSSR count). The van der Waals surface area contributed by atoms with Crippen LogP contribution in [0.2, 0.25) is 0 Å². The van der Waals surface area contributed by atoms with Crippen molar-refractivity contribution in [1.29, 1.82) is 0 Å². The molecule has 1 unspecified atom stereocenters. The fourth-order valence-corrected chi connectivity index (χ4v) is 3.19. The molecular weight excluding hydrogens is 268 g/mol. The van der Waals surface area contributed by atoms with Crippen LogP contribution in [0.4, 0.5) is 11.4 Å². The normalized spacial score (nSPS) is 23.6.